The maximum atomic E-state index is 3.70. The molecule has 106 valence electrons. The van der Waals surface area contributed by atoms with Gasteiger partial charge in [-0.05, 0) is 50.3 Å². The number of rotatable bonds is 1. The van der Waals surface area contributed by atoms with Crippen molar-refractivity contribution < 1.29 is 0 Å². The molecule has 0 saturated carbocycles. The molecule has 0 aromatic heterocycles. The molecule has 0 unspecified atom stereocenters. The molecular formula is C17H28N2. The highest BCUT2D eigenvalue weighted by Crippen LogP contribution is 2.30. The number of benzene rings is 1. The first kappa shape index (κ1) is 14.4. The number of hydrogen-bond donors (Lipinski definition) is 1. The topological polar surface area (TPSA) is 15.3 Å². The summed E-state index contributed by atoms with van der Waals surface area (Å²) in [6, 6.07) is 6.76. The van der Waals surface area contributed by atoms with Crippen molar-refractivity contribution in [1.29, 1.82) is 0 Å². The number of anilines is 1. The maximum absolute atomic E-state index is 3.70. The van der Waals surface area contributed by atoms with Crippen molar-refractivity contribution in [2.45, 2.75) is 47.1 Å². The fourth-order valence-electron chi connectivity index (χ4n) is 2.87. The molecule has 1 saturated heterocycles. The van der Waals surface area contributed by atoms with Crippen LogP contribution in [0.1, 0.15) is 38.8 Å². The average Bonchev–Trinajstić information content (AvgIpc) is 2.39. The van der Waals surface area contributed by atoms with Crippen LogP contribution in [0, 0.1) is 19.3 Å². The van der Waals surface area contributed by atoms with Crippen LogP contribution >= 0.6 is 0 Å². The summed E-state index contributed by atoms with van der Waals surface area (Å²) in [5, 5.41) is 3.70. The van der Waals surface area contributed by atoms with E-state index in [4.69, 9.17) is 0 Å². The quantitative estimate of drug-likeness (QED) is 0.831. The van der Waals surface area contributed by atoms with Gasteiger partial charge in [0.15, 0.2) is 0 Å². The van der Waals surface area contributed by atoms with Crippen LogP contribution in [0.5, 0.6) is 0 Å². The van der Waals surface area contributed by atoms with E-state index in [1.165, 1.54) is 16.8 Å². The number of hydrogen-bond acceptors (Lipinski definition) is 2. The van der Waals surface area contributed by atoms with Gasteiger partial charge >= 0.3 is 0 Å². The minimum Gasteiger partial charge on any atom is -0.369 e. The standard InChI is InChI=1S/C17H28N2/c1-13-7-8-14(2)15(9-13)19-11-16(3,4)10-18-17(5,6)12-19/h7-9,18H,10-12H2,1-6H3. The Balaban J connectivity index is 2.37. The Labute approximate surface area is 118 Å². The van der Waals surface area contributed by atoms with Crippen molar-refractivity contribution in [3.63, 3.8) is 0 Å². The molecule has 1 aromatic carbocycles. The Morgan fingerprint density at radius 1 is 1.05 bits per heavy atom. The second kappa shape index (κ2) is 4.82. The van der Waals surface area contributed by atoms with Crippen molar-refractivity contribution in [3.05, 3.63) is 29.3 Å². The molecule has 1 fully saturated rings. The molecule has 0 aliphatic carbocycles. The molecule has 19 heavy (non-hydrogen) atoms. The van der Waals surface area contributed by atoms with Crippen molar-refractivity contribution in [2.75, 3.05) is 24.5 Å². The zero-order chi connectivity index (χ0) is 14.3. The highest BCUT2D eigenvalue weighted by Gasteiger charge is 2.33. The zero-order valence-electron chi connectivity index (χ0n) is 13.3. The molecule has 0 bridgehead atoms. The third-order valence-corrected chi connectivity index (χ3v) is 3.96. The van der Waals surface area contributed by atoms with E-state index in [1.54, 1.807) is 0 Å². The van der Waals surface area contributed by atoms with Gasteiger partial charge in [0.05, 0.1) is 0 Å². The molecule has 0 amide bonds. The van der Waals surface area contributed by atoms with Gasteiger partial charge in [0, 0.05) is 30.9 Å². The molecule has 1 heterocycles. The molecule has 1 aliphatic rings. The first-order valence-electron chi connectivity index (χ1n) is 7.26. The molecule has 0 spiro atoms. The summed E-state index contributed by atoms with van der Waals surface area (Å²) in [4.78, 5) is 2.56. The minimum atomic E-state index is 0.157. The first-order valence-corrected chi connectivity index (χ1v) is 7.26. The monoisotopic (exact) mass is 260 g/mol. The van der Waals surface area contributed by atoms with Gasteiger partial charge < -0.3 is 10.2 Å². The van der Waals surface area contributed by atoms with Gasteiger partial charge in [0.2, 0.25) is 0 Å². The van der Waals surface area contributed by atoms with Crippen LogP contribution in [0.3, 0.4) is 0 Å². The third-order valence-electron chi connectivity index (χ3n) is 3.96. The van der Waals surface area contributed by atoms with Gasteiger partial charge in [-0.2, -0.15) is 0 Å². The number of nitrogens with zero attached hydrogens (tertiary/aromatic N) is 1. The van der Waals surface area contributed by atoms with E-state index in [2.05, 4.69) is 70.0 Å². The van der Waals surface area contributed by atoms with Gasteiger partial charge in [0.1, 0.15) is 0 Å². The molecule has 0 radical (unpaired) electrons. The highest BCUT2D eigenvalue weighted by molar-refractivity contribution is 5.55. The van der Waals surface area contributed by atoms with E-state index in [0.717, 1.165) is 19.6 Å². The fourth-order valence-corrected chi connectivity index (χ4v) is 2.87. The summed E-state index contributed by atoms with van der Waals surface area (Å²) < 4.78 is 0. The molecular weight excluding hydrogens is 232 g/mol. The second-order valence-electron chi connectivity index (χ2n) is 7.55. The van der Waals surface area contributed by atoms with Crippen LogP contribution < -0.4 is 10.2 Å². The molecule has 1 aliphatic heterocycles. The SMILES string of the molecule is Cc1ccc(C)c(N2CC(C)(C)CNC(C)(C)C2)c1. The van der Waals surface area contributed by atoms with E-state index < -0.39 is 0 Å². The second-order valence-corrected chi connectivity index (χ2v) is 7.55. The normalized spacial score (nSPS) is 22.1. The Morgan fingerprint density at radius 3 is 2.42 bits per heavy atom. The zero-order valence-corrected chi connectivity index (χ0v) is 13.3. The van der Waals surface area contributed by atoms with Gasteiger partial charge in [-0.3, -0.25) is 0 Å². The van der Waals surface area contributed by atoms with Crippen molar-refractivity contribution in [3.8, 4) is 0 Å². The van der Waals surface area contributed by atoms with Gasteiger partial charge in [-0.25, -0.2) is 0 Å². The van der Waals surface area contributed by atoms with Gasteiger partial charge in [-0.1, -0.05) is 26.0 Å². The lowest BCUT2D eigenvalue weighted by atomic mass is 9.92. The maximum Gasteiger partial charge on any atom is 0.0399 e. The summed E-state index contributed by atoms with van der Waals surface area (Å²) >= 11 is 0. The minimum absolute atomic E-state index is 0.157. The summed E-state index contributed by atoms with van der Waals surface area (Å²) in [5.41, 5.74) is 4.56. The fraction of sp³-hybridized carbons (Fsp3) is 0.647. The van der Waals surface area contributed by atoms with E-state index in [-0.39, 0.29) is 5.54 Å². The Kier molecular flexibility index (Phi) is 3.65. The van der Waals surface area contributed by atoms with Crippen LogP contribution in [-0.4, -0.2) is 25.2 Å². The summed E-state index contributed by atoms with van der Waals surface area (Å²) in [6.45, 7) is 16.9. The molecule has 0 atom stereocenters. The molecule has 2 nitrogen and oxygen atoms in total. The highest BCUT2D eigenvalue weighted by atomic mass is 15.2. The van der Waals surface area contributed by atoms with Crippen LogP contribution in [0.15, 0.2) is 18.2 Å². The number of nitrogens with one attached hydrogen (secondary N) is 1. The Hall–Kier alpha value is -1.02. The van der Waals surface area contributed by atoms with Crippen LogP contribution in [0.4, 0.5) is 5.69 Å². The first-order chi connectivity index (χ1) is 8.69. The molecule has 1 N–H and O–H groups in total. The van der Waals surface area contributed by atoms with Crippen LogP contribution in [-0.2, 0) is 0 Å². The van der Waals surface area contributed by atoms with E-state index in [1.807, 2.05) is 0 Å². The van der Waals surface area contributed by atoms with Crippen molar-refractivity contribution >= 4 is 5.69 Å². The third kappa shape index (κ3) is 3.50. The van der Waals surface area contributed by atoms with Crippen LogP contribution in [0.25, 0.3) is 0 Å². The Morgan fingerprint density at radius 2 is 1.74 bits per heavy atom. The van der Waals surface area contributed by atoms with Crippen LogP contribution in [0.2, 0.25) is 0 Å². The number of aryl methyl sites for hydroxylation is 2. The predicted molar refractivity (Wildman–Crippen MR) is 84.0 cm³/mol. The Bertz CT molecular complexity index is 442. The lowest BCUT2D eigenvalue weighted by Crippen LogP contribution is -2.46. The van der Waals surface area contributed by atoms with Crippen molar-refractivity contribution in [1.82, 2.24) is 5.32 Å². The molecule has 2 rings (SSSR count). The summed E-state index contributed by atoms with van der Waals surface area (Å²) in [6.07, 6.45) is 0. The van der Waals surface area contributed by atoms with Gasteiger partial charge in [-0.15, -0.1) is 0 Å². The molecule has 2 heteroatoms. The van der Waals surface area contributed by atoms with E-state index >= 15 is 0 Å². The van der Waals surface area contributed by atoms with Gasteiger partial charge in [0.25, 0.3) is 0 Å². The average molecular weight is 260 g/mol. The summed E-state index contributed by atoms with van der Waals surface area (Å²) in [5.74, 6) is 0. The van der Waals surface area contributed by atoms with E-state index in [9.17, 15) is 0 Å². The lowest BCUT2D eigenvalue weighted by Gasteiger charge is -2.34. The smallest absolute Gasteiger partial charge is 0.0399 e. The van der Waals surface area contributed by atoms with Crippen molar-refractivity contribution in [2.24, 2.45) is 5.41 Å². The summed E-state index contributed by atoms with van der Waals surface area (Å²) in [7, 11) is 0. The largest absolute Gasteiger partial charge is 0.369 e. The molecule has 1 aromatic rings. The predicted octanol–water partition coefficient (Wildman–Crippen LogP) is 3.52. The van der Waals surface area contributed by atoms with E-state index in [0.29, 0.717) is 5.41 Å². The lowest BCUT2D eigenvalue weighted by molar-refractivity contribution is 0.332.